The number of benzene rings is 1. The molecule has 1 aromatic carbocycles. The predicted molar refractivity (Wildman–Crippen MR) is 59.7 cm³/mol. The van der Waals surface area contributed by atoms with Gasteiger partial charge in [-0.05, 0) is 30.5 Å². The molecule has 1 aromatic rings. The van der Waals surface area contributed by atoms with E-state index >= 15 is 0 Å². The van der Waals surface area contributed by atoms with E-state index in [0.717, 1.165) is 5.56 Å². The number of carbonyl (C=O) groups is 1. The first-order valence-electron chi connectivity index (χ1n) is 5.53. The highest BCUT2D eigenvalue weighted by atomic mass is 19.1. The normalized spacial score (nSPS) is 18.5. The first-order chi connectivity index (χ1) is 8.16. The van der Waals surface area contributed by atoms with Crippen LogP contribution in [-0.4, -0.2) is 11.9 Å². The lowest BCUT2D eigenvalue weighted by Crippen LogP contribution is -2.30. The minimum Gasteiger partial charge on any atom is -0.300 e. The lowest BCUT2D eigenvalue weighted by molar-refractivity contribution is -0.121. The van der Waals surface area contributed by atoms with Crippen molar-refractivity contribution in [2.75, 3.05) is 0 Å². The highest BCUT2D eigenvalue weighted by Gasteiger charge is 2.36. The minimum atomic E-state index is -0.691. The van der Waals surface area contributed by atoms with E-state index in [4.69, 9.17) is 0 Å². The van der Waals surface area contributed by atoms with Crippen molar-refractivity contribution in [3.63, 3.8) is 0 Å². The van der Waals surface area contributed by atoms with Gasteiger partial charge in [0.25, 0.3) is 0 Å². The number of nitrogens with zero attached hydrogens (tertiary/aromatic N) is 1. The lowest BCUT2D eigenvalue weighted by Gasteiger charge is -2.31. The summed E-state index contributed by atoms with van der Waals surface area (Å²) in [5, 5.41) is 0. The Morgan fingerprint density at radius 3 is 2.29 bits per heavy atom. The predicted octanol–water partition coefficient (Wildman–Crippen LogP) is 2.50. The first-order valence-corrected chi connectivity index (χ1v) is 5.53. The van der Waals surface area contributed by atoms with Crippen LogP contribution in [0.5, 0.6) is 0 Å². The van der Waals surface area contributed by atoms with Crippen molar-refractivity contribution >= 4 is 11.9 Å². The standard InChI is InChI=1S/C13H12FNO2/c14-11-3-1-10(2-4-11)13(15-9-16)7-5-12(17)6-8-13/h1-4H,5-8H2. The number of isocyanates is 1. The number of halogens is 1. The monoisotopic (exact) mass is 233 g/mol. The molecule has 0 saturated heterocycles. The van der Waals surface area contributed by atoms with E-state index < -0.39 is 5.54 Å². The smallest absolute Gasteiger partial charge is 0.235 e. The molecule has 0 radical (unpaired) electrons. The number of Topliss-reactive ketones (excluding diaryl/α,β-unsaturated/α-hetero) is 1. The highest BCUT2D eigenvalue weighted by Crippen LogP contribution is 2.39. The van der Waals surface area contributed by atoms with Gasteiger partial charge in [-0.25, -0.2) is 9.18 Å². The molecule has 0 spiro atoms. The molecule has 1 saturated carbocycles. The summed E-state index contributed by atoms with van der Waals surface area (Å²) >= 11 is 0. The molecule has 0 atom stereocenters. The Kier molecular flexibility index (Phi) is 3.16. The van der Waals surface area contributed by atoms with Crippen molar-refractivity contribution in [2.24, 2.45) is 4.99 Å². The molecule has 2 rings (SSSR count). The molecular formula is C13H12FNO2. The van der Waals surface area contributed by atoms with Gasteiger partial charge < -0.3 is 0 Å². The number of carbonyl (C=O) groups excluding carboxylic acids is 2. The summed E-state index contributed by atoms with van der Waals surface area (Å²) in [6, 6.07) is 5.92. The first kappa shape index (κ1) is 11.7. The van der Waals surface area contributed by atoms with Crippen LogP contribution in [0.3, 0.4) is 0 Å². The Labute approximate surface area is 98.4 Å². The molecule has 0 heterocycles. The van der Waals surface area contributed by atoms with Gasteiger partial charge in [0.05, 0.1) is 5.54 Å². The van der Waals surface area contributed by atoms with Crippen molar-refractivity contribution in [3.05, 3.63) is 35.6 Å². The van der Waals surface area contributed by atoms with Gasteiger partial charge in [0.2, 0.25) is 6.08 Å². The third-order valence-electron chi connectivity index (χ3n) is 3.28. The van der Waals surface area contributed by atoms with Crippen LogP contribution in [-0.2, 0) is 15.1 Å². The summed E-state index contributed by atoms with van der Waals surface area (Å²) in [6.07, 6.45) is 3.37. The molecule has 1 aliphatic carbocycles. The Morgan fingerprint density at radius 2 is 1.76 bits per heavy atom. The molecule has 1 aliphatic rings. The minimum absolute atomic E-state index is 0.184. The van der Waals surface area contributed by atoms with Crippen LogP contribution in [0.2, 0.25) is 0 Å². The Morgan fingerprint density at radius 1 is 1.18 bits per heavy atom. The van der Waals surface area contributed by atoms with E-state index in [1.807, 2.05) is 0 Å². The van der Waals surface area contributed by atoms with Crippen LogP contribution in [0.1, 0.15) is 31.2 Å². The topological polar surface area (TPSA) is 46.5 Å². The molecule has 0 amide bonds. The average Bonchev–Trinajstić information content (AvgIpc) is 2.34. The van der Waals surface area contributed by atoms with Gasteiger partial charge in [0.15, 0.2) is 0 Å². The van der Waals surface area contributed by atoms with Gasteiger partial charge in [-0.3, -0.25) is 4.79 Å². The third-order valence-corrected chi connectivity index (χ3v) is 3.28. The summed E-state index contributed by atoms with van der Waals surface area (Å²) < 4.78 is 12.9. The molecule has 4 heteroatoms. The zero-order valence-corrected chi connectivity index (χ0v) is 9.28. The fourth-order valence-electron chi connectivity index (χ4n) is 2.25. The van der Waals surface area contributed by atoms with Crippen molar-refractivity contribution in [2.45, 2.75) is 31.2 Å². The second-order valence-electron chi connectivity index (χ2n) is 4.28. The Hall–Kier alpha value is -1.80. The maximum atomic E-state index is 12.9. The van der Waals surface area contributed by atoms with Crippen molar-refractivity contribution in [1.29, 1.82) is 0 Å². The van der Waals surface area contributed by atoms with Crippen LogP contribution in [0, 0.1) is 5.82 Å². The lowest BCUT2D eigenvalue weighted by atomic mass is 9.77. The molecule has 3 nitrogen and oxygen atoms in total. The molecule has 88 valence electrons. The van der Waals surface area contributed by atoms with Gasteiger partial charge in [0, 0.05) is 12.8 Å². The van der Waals surface area contributed by atoms with Crippen molar-refractivity contribution in [1.82, 2.24) is 0 Å². The second-order valence-corrected chi connectivity index (χ2v) is 4.28. The number of hydrogen-bond acceptors (Lipinski definition) is 3. The quantitative estimate of drug-likeness (QED) is 0.582. The maximum Gasteiger partial charge on any atom is 0.235 e. The Bertz CT molecular complexity index is 465. The van der Waals surface area contributed by atoms with Crippen LogP contribution < -0.4 is 0 Å². The largest absolute Gasteiger partial charge is 0.300 e. The van der Waals surface area contributed by atoms with Gasteiger partial charge in [-0.15, -0.1) is 0 Å². The van der Waals surface area contributed by atoms with E-state index in [-0.39, 0.29) is 11.6 Å². The molecule has 0 aromatic heterocycles. The number of ketones is 1. The van der Waals surface area contributed by atoms with E-state index in [0.29, 0.717) is 25.7 Å². The number of rotatable bonds is 2. The van der Waals surface area contributed by atoms with Crippen LogP contribution >= 0.6 is 0 Å². The summed E-state index contributed by atoms with van der Waals surface area (Å²) in [5.41, 5.74) is 0.0818. The highest BCUT2D eigenvalue weighted by molar-refractivity contribution is 5.79. The Balaban J connectivity index is 2.37. The van der Waals surface area contributed by atoms with Crippen LogP contribution in [0.25, 0.3) is 0 Å². The van der Waals surface area contributed by atoms with Gasteiger partial charge in [-0.2, -0.15) is 4.99 Å². The van der Waals surface area contributed by atoms with Crippen molar-refractivity contribution < 1.29 is 14.0 Å². The zero-order valence-electron chi connectivity index (χ0n) is 9.28. The summed E-state index contributed by atoms with van der Waals surface area (Å²) in [4.78, 5) is 25.7. The van der Waals surface area contributed by atoms with Gasteiger partial charge in [-0.1, -0.05) is 12.1 Å². The van der Waals surface area contributed by atoms with E-state index in [9.17, 15) is 14.0 Å². The summed E-state index contributed by atoms with van der Waals surface area (Å²) in [5.74, 6) is -0.144. The second kappa shape index (κ2) is 4.60. The summed E-state index contributed by atoms with van der Waals surface area (Å²) in [6.45, 7) is 0. The number of aliphatic imine (C=N–C) groups is 1. The van der Waals surface area contributed by atoms with E-state index in [1.54, 1.807) is 18.2 Å². The average molecular weight is 233 g/mol. The SMILES string of the molecule is O=C=NC1(c2ccc(F)cc2)CCC(=O)CC1. The molecule has 0 aliphatic heterocycles. The molecular weight excluding hydrogens is 221 g/mol. The van der Waals surface area contributed by atoms with Gasteiger partial charge in [0.1, 0.15) is 11.6 Å². The fourth-order valence-corrected chi connectivity index (χ4v) is 2.25. The van der Waals surface area contributed by atoms with E-state index in [2.05, 4.69) is 4.99 Å². The molecule has 1 fully saturated rings. The third kappa shape index (κ3) is 2.32. The van der Waals surface area contributed by atoms with E-state index in [1.165, 1.54) is 12.1 Å². The summed E-state index contributed by atoms with van der Waals surface area (Å²) in [7, 11) is 0. The molecule has 0 bridgehead atoms. The maximum absolute atomic E-state index is 12.9. The molecule has 0 N–H and O–H groups in total. The molecule has 17 heavy (non-hydrogen) atoms. The van der Waals surface area contributed by atoms with Crippen LogP contribution in [0.4, 0.5) is 4.39 Å². The molecule has 0 unspecified atom stereocenters. The van der Waals surface area contributed by atoms with Crippen LogP contribution in [0.15, 0.2) is 29.3 Å². The number of hydrogen-bond donors (Lipinski definition) is 0. The van der Waals surface area contributed by atoms with Crippen molar-refractivity contribution in [3.8, 4) is 0 Å². The zero-order chi connectivity index (χ0) is 12.3. The van der Waals surface area contributed by atoms with Gasteiger partial charge >= 0.3 is 0 Å². The fraction of sp³-hybridized carbons (Fsp3) is 0.385.